The van der Waals surface area contributed by atoms with Gasteiger partial charge in [-0.05, 0) is 24.3 Å². The molecule has 0 fully saturated rings. The fourth-order valence-corrected chi connectivity index (χ4v) is 2.71. The minimum atomic E-state index is -0.460. The Morgan fingerprint density at radius 3 is 2.00 bits per heavy atom. The zero-order valence-corrected chi connectivity index (χ0v) is 15.3. The smallest absolute Gasteiger partial charge is 0.299 e. The molecule has 8 heteroatoms. The minimum absolute atomic E-state index is 0.0371. The number of nitrogens with zero attached hydrogens (tertiary/aromatic N) is 3. The molecule has 0 spiro atoms. The van der Waals surface area contributed by atoms with Crippen molar-refractivity contribution >= 4 is 33.2 Å². The number of fused-ring (bicyclic) bond motifs is 2. The van der Waals surface area contributed by atoms with Crippen molar-refractivity contribution in [2.45, 2.75) is 0 Å². The summed E-state index contributed by atoms with van der Waals surface area (Å²) >= 11 is 0. The quantitative estimate of drug-likeness (QED) is 0.326. The standard InChI is InChI=1S/C10H8N2O3.C10H10N2O/c1-15-8-5-7-3-2-4-11-10(7)9(6-8)12(13)14;1-13-8-5-7-3-2-4-12-10(7)9(11)6-8/h2-6H,1H3;2-6H,11H2,1H3. The molecule has 8 nitrogen and oxygen atoms in total. The molecule has 0 aliphatic rings. The highest BCUT2D eigenvalue weighted by atomic mass is 16.6. The van der Waals surface area contributed by atoms with Crippen molar-refractivity contribution in [2.24, 2.45) is 0 Å². The topological polar surface area (TPSA) is 113 Å². The lowest BCUT2D eigenvalue weighted by atomic mass is 10.2. The molecule has 0 saturated heterocycles. The molecule has 0 bridgehead atoms. The van der Waals surface area contributed by atoms with E-state index in [0.29, 0.717) is 22.3 Å². The first-order valence-corrected chi connectivity index (χ1v) is 8.29. The Bertz CT molecular complexity index is 1150. The van der Waals surface area contributed by atoms with Gasteiger partial charge in [-0.1, -0.05) is 12.1 Å². The van der Waals surface area contributed by atoms with Gasteiger partial charge in [0.25, 0.3) is 5.69 Å². The van der Waals surface area contributed by atoms with Gasteiger partial charge in [0.15, 0.2) is 0 Å². The molecule has 2 heterocycles. The van der Waals surface area contributed by atoms with Gasteiger partial charge in [-0.3, -0.25) is 15.1 Å². The van der Waals surface area contributed by atoms with Crippen LogP contribution in [0.15, 0.2) is 60.9 Å². The van der Waals surface area contributed by atoms with E-state index in [4.69, 9.17) is 15.2 Å². The zero-order chi connectivity index (χ0) is 20.1. The molecule has 4 rings (SSSR count). The number of non-ortho nitro benzene ring substituents is 1. The van der Waals surface area contributed by atoms with E-state index in [1.807, 2.05) is 18.2 Å². The number of methoxy groups -OCH3 is 2. The van der Waals surface area contributed by atoms with Crippen molar-refractivity contribution in [1.29, 1.82) is 0 Å². The van der Waals surface area contributed by atoms with Gasteiger partial charge in [-0.15, -0.1) is 0 Å². The molecule has 0 aliphatic carbocycles. The van der Waals surface area contributed by atoms with E-state index in [1.54, 1.807) is 37.6 Å². The number of nitrogen functional groups attached to an aromatic ring is 1. The maximum Gasteiger partial charge on any atom is 0.299 e. The van der Waals surface area contributed by atoms with Crippen LogP contribution in [0.25, 0.3) is 21.8 Å². The number of nitro benzene ring substituents is 1. The number of anilines is 1. The molecule has 0 atom stereocenters. The Hall–Kier alpha value is -3.94. The summed E-state index contributed by atoms with van der Waals surface area (Å²) in [6.45, 7) is 0. The van der Waals surface area contributed by atoms with Crippen molar-refractivity contribution in [2.75, 3.05) is 20.0 Å². The average molecular weight is 378 g/mol. The second kappa shape index (κ2) is 8.17. The minimum Gasteiger partial charge on any atom is -0.497 e. The van der Waals surface area contributed by atoms with E-state index in [1.165, 1.54) is 19.4 Å². The average Bonchev–Trinajstić information content (AvgIpc) is 2.73. The SMILES string of the molecule is COc1cc(N)c2ncccc2c1.COc1cc([N+](=O)[O-])c2ncccc2c1. The van der Waals surface area contributed by atoms with Crippen LogP contribution in [0.4, 0.5) is 11.4 Å². The van der Waals surface area contributed by atoms with Crippen LogP contribution in [-0.2, 0) is 0 Å². The number of pyridine rings is 2. The molecule has 0 aliphatic heterocycles. The summed E-state index contributed by atoms with van der Waals surface area (Å²) in [5, 5.41) is 12.5. The van der Waals surface area contributed by atoms with Crippen LogP contribution in [0.2, 0.25) is 0 Å². The number of ether oxygens (including phenoxy) is 2. The van der Waals surface area contributed by atoms with Gasteiger partial charge in [0.1, 0.15) is 17.0 Å². The second-order valence-corrected chi connectivity index (χ2v) is 5.77. The molecule has 0 unspecified atom stereocenters. The molecule has 2 aromatic heterocycles. The number of hydrogen-bond donors (Lipinski definition) is 1. The number of nitro groups is 1. The highest BCUT2D eigenvalue weighted by molar-refractivity contribution is 5.90. The summed E-state index contributed by atoms with van der Waals surface area (Å²) in [6.07, 6.45) is 3.26. The van der Waals surface area contributed by atoms with Gasteiger partial charge >= 0.3 is 0 Å². The molecule has 2 aromatic carbocycles. The Morgan fingerprint density at radius 2 is 1.43 bits per heavy atom. The summed E-state index contributed by atoms with van der Waals surface area (Å²) in [4.78, 5) is 18.5. The van der Waals surface area contributed by atoms with Crippen LogP contribution < -0.4 is 15.2 Å². The van der Waals surface area contributed by atoms with E-state index in [9.17, 15) is 10.1 Å². The number of nitrogens with two attached hydrogens (primary N) is 1. The molecule has 28 heavy (non-hydrogen) atoms. The third kappa shape index (κ3) is 3.90. The van der Waals surface area contributed by atoms with Crippen molar-refractivity contribution in [3.63, 3.8) is 0 Å². The van der Waals surface area contributed by atoms with Crippen LogP contribution in [0, 0.1) is 10.1 Å². The molecular weight excluding hydrogens is 360 g/mol. The van der Waals surface area contributed by atoms with Crippen molar-refractivity contribution < 1.29 is 14.4 Å². The summed E-state index contributed by atoms with van der Waals surface area (Å²) in [5.41, 5.74) is 7.60. The largest absolute Gasteiger partial charge is 0.497 e. The lowest BCUT2D eigenvalue weighted by molar-refractivity contribution is -0.383. The fraction of sp³-hybridized carbons (Fsp3) is 0.100. The molecule has 4 aromatic rings. The maximum absolute atomic E-state index is 10.8. The molecule has 2 N–H and O–H groups in total. The predicted octanol–water partition coefficient (Wildman–Crippen LogP) is 3.98. The summed E-state index contributed by atoms with van der Waals surface area (Å²) in [7, 11) is 3.10. The van der Waals surface area contributed by atoms with Crippen molar-refractivity contribution in [3.8, 4) is 11.5 Å². The normalized spacial score (nSPS) is 10.2. The van der Waals surface area contributed by atoms with Gasteiger partial charge < -0.3 is 15.2 Å². The van der Waals surface area contributed by atoms with Crippen LogP contribution in [0.3, 0.4) is 0 Å². The third-order valence-corrected chi connectivity index (χ3v) is 4.03. The first kappa shape index (κ1) is 18.8. The van der Waals surface area contributed by atoms with E-state index < -0.39 is 4.92 Å². The van der Waals surface area contributed by atoms with Crippen LogP contribution >= 0.6 is 0 Å². The first-order valence-electron chi connectivity index (χ1n) is 8.29. The molecule has 0 saturated carbocycles. The third-order valence-electron chi connectivity index (χ3n) is 4.03. The Kier molecular flexibility index (Phi) is 5.50. The lowest BCUT2D eigenvalue weighted by Crippen LogP contribution is -1.93. The van der Waals surface area contributed by atoms with E-state index >= 15 is 0 Å². The second-order valence-electron chi connectivity index (χ2n) is 5.77. The monoisotopic (exact) mass is 378 g/mol. The summed E-state index contributed by atoms with van der Waals surface area (Å²) in [5.74, 6) is 1.22. The van der Waals surface area contributed by atoms with Gasteiger partial charge in [-0.25, -0.2) is 4.98 Å². The van der Waals surface area contributed by atoms with Crippen LogP contribution in [0.5, 0.6) is 11.5 Å². The lowest BCUT2D eigenvalue weighted by Gasteiger charge is -2.04. The molecule has 142 valence electrons. The van der Waals surface area contributed by atoms with Gasteiger partial charge in [-0.2, -0.15) is 0 Å². The van der Waals surface area contributed by atoms with E-state index in [-0.39, 0.29) is 5.69 Å². The predicted molar refractivity (Wildman–Crippen MR) is 108 cm³/mol. The Balaban J connectivity index is 0.000000162. The Labute approximate surface area is 160 Å². The van der Waals surface area contributed by atoms with Crippen molar-refractivity contribution in [3.05, 3.63) is 71.0 Å². The number of hydrogen-bond acceptors (Lipinski definition) is 7. The van der Waals surface area contributed by atoms with E-state index in [2.05, 4.69) is 9.97 Å². The fourth-order valence-electron chi connectivity index (χ4n) is 2.71. The van der Waals surface area contributed by atoms with Crippen molar-refractivity contribution in [1.82, 2.24) is 9.97 Å². The van der Waals surface area contributed by atoms with Gasteiger partial charge in [0, 0.05) is 29.2 Å². The number of benzene rings is 2. The highest BCUT2D eigenvalue weighted by Crippen LogP contribution is 2.29. The maximum atomic E-state index is 10.8. The first-order chi connectivity index (χ1) is 13.5. The van der Waals surface area contributed by atoms with Crippen LogP contribution in [-0.4, -0.2) is 29.1 Å². The highest BCUT2D eigenvalue weighted by Gasteiger charge is 2.14. The number of rotatable bonds is 3. The van der Waals surface area contributed by atoms with Crippen LogP contribution in [0.1, 0.15) is 0 Å². The van der Waals surface area contributed by atoms with E-state index in [0.717, 1.165) is 16.7 Å². The molecule has 0 amide bonds. The number of aromatic nitrogens is 2. The molecule has 0 radical (unpaired) electrons. The zero-order valence-electron chi connectivity index (χ0n) is 15.3. The summed E-state index contributed by atoms with van der Waals surface area (Å²) < 4.78 is 10.1. The summed E-state index contributed by atoms with van der Waals surface area (Å²) in [6, 6.07) is 14.1. The van der Waals surface area contributed by atoms with Gasteiger partial charge in [0.05, 0.1) is 36.4 Å². The Morgan fingerprint density at radius 1 is 0.893 bits per heavy atom. The molecular formula is C20H18N4O4. The van der Waals surface area contributed by atoms with Gasteiger partial charge in [0.2, 0.25) is 0 Å².